The van der Waals surface area contributed by atoms with Crippen molar-refractivity contribution in [2.24, 2.45) is 0 Å². The topological polar surface area (TPSA) is 32.3 Å². The van der Waals surface area contributed by atoms with Crippen LogP contribution in [0, 0.1) is 0 Å². The summed E-state index contributed by atoms with van der Waals surface area (Å²) < 4.78 is 0. The zero-order valence-corrected chi connectivity index (χ0v) is 13.4. The van der Waals surface area contributed by atoms with Gasteiger partial charge in [-0.25, -0.2) is 0 Å². The van der Waals surface area contributed by atoms with Crippen LogP contribution in [0.4, 0.5) is 5.69 Å². The number of hydrogen-bond donors (Lipinski definition) is 1. The van der Waals surface area contributed by atoms with Crippen molar-refractivity contribution in [3.8, 4) is 0 Å². The maximum atomic E-state index is 12.1. The summed E-state index contributed by atoms with van der Waals surface area (Å²) >= 11 is 0. The fourth-order valence-electron chi connectivity index (χ4n) is 2.95. The van der Waals surface area contributed by atoms with Crippen LogP contribution in [0.1, 0.15) is 51.5 Å². The number of rotatable bonds is 8. The third-order valence-corrected chi connectivity index (χ3v) is 4.20. The number of fused-ring (bicyclic) bond motifs is 1. The van der Waals surface area contributed by atoms with E-state index in [0.717, 1.165) is 31.6 Å². The molecule has 21 heavy (non-hydrogen) atoms. The normalized spacial score (nSPS) is 15.9. The van der Waals surface area contributed by atoms with Gasteiger partial charge in [0.2, 0.25) is 5.91 Å². The standard InChI is InChI=1S/C18H28N2O/c1-3-13-19-15(2)8-6-7-14-20-17-10-5-4-9-16(17)11-12-18(20)21/h4-5,9-10,15,19H,3,6-8,11-14H2,1-2H3. The number of unbranched alkanes of at least 4 members (excludes halogenated alkanes) is 1. The maximum Gasteiger partial charge on any atom is 0.227 e. The molecular formula is C18H28N2O. The molecule has 3 heteroatoms. The summed E-state index contributed by atoms with van der Waals surface area (Å²) in [7, 11) is 0. The van der Waals surface area contributed by atoms with Gasteiger partial charge in [0, 0.05) is 24.7 Å². The zero-order chi connectivity index (χ0) is 15.1. The van der Waals surface area contributed by atoms with Gasteiger partial charge in [-0.05, 0) is 50.8 Å². The molecule has 0 bridgehead atoms. The van der Waals surface area contributed by atoms with Crippen LogP contribution < -0.4 is 10.2 Å². The maximum absolute atomic E-state index is 12.1. The van der Waals surface area contributed by atoms with Crippen LogP contribution in [0.15, 0.2) is 24.3 Å². The first-order chi connectivity index (χ1) is 10.2. The summed E-state index contributed by atoms with van der Waals surface area (Å²) in [6.07, 6.45) is 6.17. The Labute approximate surface area is 128 Å². The summed E-state index contributed by atoms with van der Waals surface area (Å²) in [6, 6.07) is 8.90. The summed E-state index contributed by atoms with van der Waals surface area (Å²) in [5.74, 6) is 0.283. The second kappa shape index (κ2) is 8.18. The first kappa shape index (κ1) is 16.0. The van der Waals surface area contributed by atoms with Crippen molar-refractivity contribution in [3.63, 3.8) is 0 Å². The predicted molar refractivity (Wildman–Crippen MR) is 88.7 cm³/mol. The molecule has 116 valence electrons. The number of nitrogens with one attached hydrogen (secondary N) is 1. The molecule has 1 amide bonds. The largest absolute Gasteiger partial charge is 0.314 e. The molecule has 1 atom stereocenters. The van der Waals surface area contributed by atoms with E-state index in [1.807, 2.05) is 11.0 Å². The molecule has 1 aliphatic rings. The molecular weight excluding hydrogens is 260 g/mol. The van der Waals surface area contributed by atoms with Gasteiger partial charge >= 0.3 is 0 Å². The molecule has 1 unspecified atom stereocenters. The lowest BCUT2D eigenvalue weighted by Crippen LogP contribution is -2.36. The zero-order valence-electron chi connectivity index (χ0n) is 13.4. The molecule has 0 saturated heterocycles. The predicted octanol–water partition coefficient (Wildman–Crippen LogP) is 3.52. The fraction of sp³-hybridized carbons (Fsp3) is 0.611. The minimum atomic E-state index is 0.283. The first-order valence-electron chi connectivity index (χ1n) is 8.34. The third-order valence-electron chi connectivity index (χ3n) is 4.20. The Morgan fingerprint density at radius 2 is 2.05 bits per heavy atom. The lowest BCUT2D eigenvalue weighted by molar-refractivity contribution is -0.118. The summed E-state index contributed by atoms with van der Waals surface area (Å²) in [5.41, 5.74) is 2.45. The Morgan fingerprint density at radius 1 is 1.24 bits per heavy atom. The van der Waals surface area contributed by atoms with Crippen molar-refractivity contribution < 1.29 is 4.79 Å². The smallest absolute Gasteiger partial charge is 0.227 e. The van der Waals surface area contributed by atoms with Gasteiger partial charge in [0.25, 0.3) is 0 Å². The molecule has 1 heterocycles. The molecule has 2 rings (SSSR count). The van der Waals surface area contributed by atoms with Crippen molar-refractivity contribution >= 4 is 11.6 Å². The van der Waals surface area contributed by atoms with Crippen LogP contribution >= 0.6 is 0 Å². The minimum Gasteiger partial charge on any atom is -0.314 e. The number of nitrogens with zero attached hydrogens (tertiary/aromatic N) is 1. The Kier molecular flexibility index (Phi) is 6.24. The van der Waals surface area contributed by atoms with E-state index in [-0.39, 0.29) is 5.91 Å². The van der Waals surface area contributed by atoms with Crippen molar-refractivity contribution in [3.05, 3.63) is 29.8 Å². The molecule has 1 N–H and O–H groups in total. The van der Waals surface area contributed by atoms with Crippen LogP contribution in [-0.4, -0.2) is 25.0 Å². The van der Waals surface area contributed by atoms with Gasteiger partial charge < -0.3 is 10.2 Å². The number of aryl methyl sites for hydroxylation is 1. The molecule has 0 spiro atoms. The van der Waals surface area contributed by atoms with E-state index < -0.39 is 0 Å². The Morgan fingerprint density at radius 3 is 2.86 bits per heavy atom. The van der Waals surface area contributed by atoms with Crippen molar-refractivity contribution in [1.82, 2.24) is 5.32 Å². The van der Waals surface area contributed by atoms with E-state index in [2.05, 4.69) is 37.4 Å². The highest BCUT2D eigenvalue weighted by Crippen LogP contribution is 2.27. The summed E-state index contributed by atoms with van der Waals surface area (Å²) in [6.45, 7) is 6.39. The van der Waals surface area contributed by atoms with Crippen molar-refractivity contribution in [2.45, 2.75) is 58.4 Å². The van der Waals surface area contributed by atoms with Crippen LogP contribution in [0.5, 0.6) is 0 Å². The van der Waals surface area contributed by atoms with E-state index in [1.165, 1.54) is 24.8 Å². The van der Waals surface area contributed by atoms with E-state index >= 15 is 0 Å². The molecule has 0 saturated carbocycles. The number of hydrogen-bond acceptors (Lipinski definition) is 2. The van der Waals surface area contributed by atoms with Crippen LogP contribution in [0.2, 0.25) is 0 Å². The van der Waals surface area contributed by atoms with Gasteiger partial charge in [0.05, 0.1) is 0 Å². The highest BCUT2D eigenvalue weighted by Gasteiger charge is 2.22. The molecule has 0 radical (unpaired) electrons. The highest BCUT2D eigenvalue weighted by molar-refractivity contribution is 5.96. The lowest BCUT2D eigenvalue weighted by Gasteiger charge is -2.29. The average Bonchev–Trinajstić information content (AvgIpc) is 2.51. The van der Waals surface area contributed by atoms with Crippen molar-refractivity contribution in [1.29, 1.82) is 0 Å². The Bertz CT molecular complexity index is 458. The van der Waals surface area contributed by atoms with Gasteiger partial charge in [-0.1, -0.05) is 31.5 Å². The molecule has 1 aromatic carbocycles. The first-order valence-corrected chi connectivity index (χ1v) is 8.34. The van der Waals surface area contributed by atoms with E-state index in [1.54, 1.807) is 0 Å². The van der Waals surface area contributed by atoms with Crippen LogP contribution in [0.3, 0.4) is 0 Å². The SMILES string of the molecule is CCCNC(C)CCCCN1C(=O)CCc2ccccc21. The average molecular weight is 288 g/mol. The number of benzene rings is 1. The lowest BCUT2D eigenvalue weighted by atomic mass is 10.0. The molecule has 0 aliphatic carbocycles. The van der Waals surface area contributed by atoms with Crippen molar-refractivity contribution in [2.75, 3.05) is 18.0 Å². The van der Waals surface area contributed by atoms with Crippen LogP contribution in [-0.2, 0) is 11.2 Å². The number of amides is 1. The second-order valence-electron chi connectivity index (χ2n) is 6.03. The van der Waals surface area contributed by atoms with Gasteiger partial charge in [-0.3, -0.25) is 4.79 Å². The molecule has 1 aliphatic heterocycles. The van der Waals surface area contributed by atoms with Gasteiger partial charge in [-0.2, -0.15) is 0 Å². The molecule has 1 aromatic rings. The second-order valence-corrected chi connectivity index (χ2v) is 6.03. The van der Waals surface area contributed by atoms with Gasteiger partial charge in [-0.15, -0.1) is 0 Å². The molecule has 0 fully saturated rings. The number of para-hydroxylation sites is 1. The van der Waals surface area contributed by atoms with Gasteiger partial charge in [0.15, 0.2) is 0 Å². The van der Waals surface area contributed by atoms with Crippen LogP contribution in [0.25, 0.3) is 0 Å². The summed E-state index contributed by atoms with van der Waals surface area (Å²) in [4.78, 5) is 14.1. The monoisotopic (exact) mass is 288 g/mol. The Balaban J connectivity index is 1.79. The number of carbonyl (C=O) groups is 1. The fourth-order valence-corrected chi connectivity index (χ4v) is 2.95. The molecule has 0 aromatic heterocycles. The number of carbonyl (C=O) groups excluding carboxylic acids is 1. The van der Waals surface area contributed by atoms with E-state index in [9.17, 15) is 4.79 Å². The number of anilines is 1. The van der Waals surface area contributed by atoms with E-state index in [0.29, 0.717) is 12.5 Å². The Hall–Kier alpha value is -1.35. The highest BCUT2D eigenvalue weighted by atomic mass is 16.2. The third kappa shape index (κ3) is 4.57. The minimum absolute atomic E-state index is 0.283. The van der Waals surface area contributed by atoms with E-state index in [4.69, 9.17) is 0 Å². The molecule has 3 nitrogen and oxygen atoms in total. The van der Waals surface area contributed by atoms with Gasteiger partial charge in [0.1, 0.15) is 0 Å². The summed E-state index contributed by atoms with van der Waals surface area (Å²) in [5, 5.41) is 3.51. The quantitative estimate of drug-likeness (QED) is 0.742.